The van der Waals surface area contributed by atoms with Gasteiger partial charge in [0.05, 0.1) is 6.20 Å². The number of nitrogens with zero attached hydrogens (tertiary/aromatic N) is 3. The molecule has 0 saturated heterocycles. The molecule has 16 heavy (non-hydrogen) atoms. The first-order chi connectivity index (χ1) is 7.59. The minimum Gasteiger partial charge on any atom is -0.383 e. The van der Waals surface area contributed by atoms with Crippen LogP contribution in [0.5, 0.6) is 0 Å². The topological polar surface area (TPSA) is 64.2 Å². The van der Waals surface area contributed by atoms with Crippen LogP contribution in [0.3, 0.4) is 0 Å². The molecule has 0 saturated carbocycles. The summed E-state index contributed by atoms with van der Waals surface area (Å²) in [4.78, 5) is 14.0. The maximum Gasteiger partial charge on any atom is 0.259 e. The van der Waals surface area contributed by atoms with E-state index < -0.39 is 0 Å². The van der Waals surface area contributed by atoms with Crippen molar-refractivity contribution in [3.05, 3.63) is 23.4 Å². The van der Waals surface area contributed by atoms with Crippen LogP contribution in [-0.2, 0) is 7.05 Å². The van der Waals surface area contributed by atoms with E-state index in [1.165, 1.54) is 16.5 Å². The van der Waals surface area contributed by atoms with Gasteiger partial charge in [-0.15, -0.1) is 0 Å². The highest BCUT2D eigenvalue weighted by Crippen LogP contribution is 2.16. The fraction of sp³-hybridized carbons (Fsp3) is 0.455. The van der Waals surface area contributed by atoms with Crippen molar-refractivity contribution >= 4 is 11.7 Å². The first-order valence-corrected chi connectivity index (χ1v) is 5.32. The highest BCUT2D eigenvalue weighted by Gasteiger charge is 2.21. The Balaban J connectivity index is 2.20. The van der Waals surface area contributed by atoms with Gasteiger partial charge in [0.25, 0.3) is 5.91 Å². The van der Waals surface area contributed by atoms with Crippen molar-refractivity contribution in [1.29, 1.82) is 0 Å². The lowest BCUT2D eigenvalue weighted by Crippen LogP contribution is -2.35. The molecule has 86 valence electrons. The van der Waals surface area contributed by atoms with E-state index in [1.54, 1.807) is 7.05 Å². The van der Waals surface area contributed by atoms with Crippen LogP contribution in [0.4, 0.5) is 5.82 Å². The van der Waals surface area contributed by atoms with Crippen molar-refractivity contribution in [3.8, 4) is 0 Å². The first kappa shape index (κ1) is 10.7. The van der Waals surface area contributed by atoms with E-state index in [-0.39, 0.29) is 5.91 Å². The Hall–Kier alpha value is -1.78. The zero-order valence-corrected chi connectivity index (χ0v) is 9.60. The van der Waals surface area contributed by atoms with Crippen molar-refractivity contribution < 1.29 is 4.79 Å². The smallest absolute Gasteiger partial charge is 0.259 e. The van der Waals surface area contributed by atoms with Gasteiger partial charge in [0.1, 0.15) is 11.4 Å². The summed E-state index contributed by atoms with van der Waals surface area (Å²) in [6.45, 7) is 3.48. The molecule has 5 heteroatoms. The third-order valence-corrected chi connectivity index (χ3v) is 2.83. The molecule has 0 aliphatic carbocycles. The second-order valence-electron chi connectivity index (χ2n) is 4.13. The van der Waals surface area contributed by atoms with Crippen LogP contribution in [0, 0.1) is 0 Å². The van der Waals surface area contributed by atoms with Crippen LogP contribution in [-0.4, -0.2) is 33.7 Å². The van der Waals surface area contributed by atoms with Crippen LogP contribution < -0.4 is 5.73 Å². The molecule has 5 nitrogen and oxygen atoms in total. The number of aryl methyl sites for hydroxylation is 1. The van der Waals surface area contributed by atoms with E-state index in [9.17, 15) is 4.79 Å². The first-order valence-electron chi connectivity index (χ1n) is 5.32. The number of amides is 1. The Labute approximate surface area is 94.5 Å². The van der Waals surface area contributed by atoms with Gasteiger partial charge in [-0.05, 0) is 13.3 Å². The number of carbonyl (C=O) groups is 1. The Morgan fingerprint density at radius 2 is 2.31 bits per heavy atom. The van der Waals surface area contributed by atoms with Gasteiger partial charge in [0, 0.05) is 20.1 Å². The van der Waals surface area contributed by atoms with Crippen LogP contribution >= 0.6 is 0 Å². The van der Waals surface area contributed by atoms with E-state index in [2.05, 4.69) is 11.2 Å². The molecule has 2 heterocycles. The zero-order chi connectivity index (χ0) is 11.7. The van der Waals surface area contributed by atoms with E-state index in [4.69, 9.17) is 5.73 Å². The summed E-state index contributed by atoms with van der Waals surface area (Å²) in [5.74, 6) is 0.398. The van der Waals surface area contributed by atoms with Crippen LogP contribution in [0.2, 0.25) is 0 Å². The van der Waals surface area contributed by atoms with E-state index in [0.29, 0.717) is 17.9 Å². The lowest BCUT2D eigenvalue weighted by molar-refractivity contribution is 0.0767. The third kappa shape index (κ3) is 1.80. The van der Waals surface area contributed by atoms with Gasteiger partial charge in [-0.1, -0.05) is 11.6 Å². The van der Waals surface area contributed by atoms with E-state index in [1.807, 2.05) is 11.8 Å². The number of nitrogen functional groups attached to an aromatic ring is 1. The molecule has 1 aliphatic rings. The third-order valence-electron chi connectivity index (χ3n) is 2.83. The van der Waals surface area contributed by atoms with Crippen molar-refractivity contribution in [1.82, 2.24) is 14.7 Å². The molecule has 2 N–H and O–H groups in total. The van der Waals surface area contributed by atoms with Crippen molar-refractivity contribution in [3.63, 3.8) is 0 Å². The predicted octanol–water partition coefficient (Wildman–Crippen LogP) is 0.795. The number of hydrogen-bond donors (Lipinski definition) is 1. The van der Waals surface area contributed by atoms with Gasteiger partial charge in [0.2, 0.25) is 0 Å². The minimum atomic E-state index is -0.0296. The summed E-state index contributed by atoms with van der Waals surface area (Å²) in [5.41, 5.74) is 7.50. The molecular weight excluding hydrogens is 204 g/mol. The summed E-state index contributed by atoms with van der Waals surface area (Å²) in [6.07, 6.45) is 4.61. The largest absolute Gasteiger partial charge is 0.383 e. The average molecular weight is 220 g/mol. The summed E-state index contributed by atoms with van der Waals surface area (Å²) >= 11 is 0. The molecular formula is C11H16N4O. The van der Waals surface area contributed by atoms with E-state index >= 15 is 0 Å². The van der Waals surface area contributed by atoms with Crippen molar-refractivity contribution in [2.75, 3.05) is 18.8 Å². The van der Waals surface area contributed by atoms with Gasteiger partial charge < -0.3 is 10.6 Å². The molecule has 0 spiro atoms. The van der Waals surface area contributed by atoms with Crippen LogP contribution in [0.25, 0.3) is 0 Å². The van der Waals surface area contributed by atoms with E-state index in [0.717, 1.165) is 13.0 Å². The molecule has 0 radical (unpaired) electrons. The van der Waals surface area contributed by atoms with Gasteiger partial charge in [0.15, 0.2) is 0 Å². The minimum absolute atomic E-state index is 0.0296. The Morgan fingerprint density at radius 1 is 1.56 bits per heavy atom. The maximum absolute atomic E-state index is 12.1. The number of nitrogens with two attached hydrogens (primary N) is 1. The van der Waals surface area contributed by atoms with Crippen LogP contribution in [0.15, 0.2) is 17.8 Å². The monoisotopic (exact) mass is 220 g/mol. The number of anilines is 1. The molecule has 0 fully saturated rings. The summed E-state index contributed by atoms with van der Waals surface area (Å²) in [5, 5.41) is 3.98. The van der Waals surface area contributed by atoms with Crippen molar-refractivity contribution in [2.24, 2.45) is 7.05 Å². The average Bonchev–Trinajstić information content (AvgIpc) is 2.59. The molecule has 0 bridgehead atoms. The number of rotatable bonds is 1. The van der Waals surface area contributed by atoms with Gasteiger partial charge in [-0.25, -0.2) is 0 Å². The molecule has 2 rings (SSSR count). The molecule has 0 atom stereocenters. The normalized spacial score (nSPS) is 16.1. The van der Waals surface area contributed by atoms with Crippen molar-refractivity contribution in [2.45, 2.75) is 13.3 Å². The Kier molecular flexibility index (Phi) is 2.68. The van der Waals surface area contributed by atoms with Gasteiger partial charge >= 0.3 is 0 Å². The Morgan fingerprint density at radius 3 is 2.88 bits per heavy atom. The Bertz CT molecular complexity index is 447. The maximum atomic E-state index is 12.1. The molecule has 1 amide bonds. The fourth-order valence-corrected chi connectivity index (χ4v) is 1.87. The van der Waals surface area contributed by atoms with Gasteiger partial charge in [-0.3, -0.25) is 9.48 Å². The predicted molar refractivity (Wildman–Crippen MR) is 61.9 cm³/mol. The molecule has 1 aromatic rings. The summed E-state index contributed by atoms with van der Waals surface area (Å²) in [7, 11) is 1.73. The highest BCUT2D eigenvalue weighted by atomic mass is 16.2. The summed E-state index contributed by atoms with van der Waals surface area (Å²) < 4.78 is 1.51. The van der Waals surface area contributed by atoms with Gasteiger partial charge in [-0.2, -0.15) is 5.10 Å². The lowest BCUT2D eigenvalue weighted by Gasteiger charge is -2.25. The molecule has 0 unspecified atom stereocenters. The number of hydrogen-bond acceptors (Lipinski definition) is 3. The zero-order valence-electron chi connectivity index (χ0n) is 9.60. The number of carbonyl (C=O) groups excluding carboxylic acids is 1. The number of aromatic nitrogens is 2. The SMILES string of the molecule is CC1=CCCN(C(=O)c2cnn(C)c2N)C1. The highest BCUT2D eigenvalue weighted by molar-refractivity contribution is 5.98. The second-order valence-corrected chi connectivity index (χ2v) is 4.13. The fourth-order valence-electron chi connectivity index (χ4n) is 1.87. The molecule has 1 aromatic heterocycles. The summed E-state index contributed by atoms with van der Waals surface area (Å²) in [6, 6.07) is 0. The standard InChI is InChI=1S/C11H16N4O/c1-8-4-3-5-15(7-8)11(16)9-6-13-14(2)10(9)12/h4,6H,3,5,7,12H2,1-2H3. The van der Waals surface area contributed by atoms with Crippen LogP contribution in [0.1, 0.15) is 23.7 Å². The molecule has 0 aromatic carbocycles. The second kappa shape index (κ2) is 4.00. The lowest BCUT2D eigenvalue weighted by atomic mass is 10.1. The quantitative estimate of drug-likeness (QED) is 0.712. The molecule has 1 aliphatic heterocycles.